The van der Waals surface area contributed by atoms with Crippen LogP contribution in [0.1, 0.15) is 82.3 Å². The zero-order chi connectivity index (χ0) is 27.8. The molecule has 0 aromatic heterocycles. The Labute approximate surface area is 239 Å². The quantitative estimate of drug-likeness (QED) is 0.218. The van der Waals surface area contributed by atoms with Crippen LogP contribution < -0.4 is 0 Å². The number of benzene rings is 5. The van der Waals surface area contributed by atoms with Gasteiger partial charge in [-0.3, -0.25) is 0 Å². The van der Waals surface area contributed by atoms with Crippen molar-refractivity contribution in [3.05, 3.63) is 153 Å². The van der Waals surface area contributed by atoms with Crippen LogP contribution in [0.5, 0.6) is 0 Å². The molecule has 0 N–H and O–H groups in total. The van der Waals surface area contributed by atoms with Crippen molar-refractivity contribution < 1.29 is 0 Å². The van der Waals surface area contributed by atoms with Crippen molar-refractivity contribution in [1.82, 2.24) is 0 Å². The molecule has 5 aromatic carbocycles. The molecule has 0 spiro atoms. The molecular weight excluding hydrogens is 480 g/mol. The first kappa shape index (κ1) is 25.1. The van der Waals surface area contributed by atoms with E-state index in [1.165, 1.54) is 77.9 Å². The second-order valence-corrected chi connectivity index (χ2v) is 12.3. The summed E-state index contributed by atoms with van der Waals surface area (Å²) in [4.78, 5) is 0. The highest BCUT2D eigenvalue weighted by Crippen LogP contribution is 2.61. The van der Waals surface area contributed by atoms with E-state index in [1.54, 1.807) is 0 Å². The highest BCUT2D eigenvalue weighted by atomic mass is 14.5. The van der Waals surface area contributed by atoms with Gasteiger partial charge in [-0.05, 0) is 108 Å². The highest BCUT2D eigenvalue weighted by molar-refractivity contribution is 5.92. The van der Waals surface area contributed by atoms with Crippen molar-refractivity contribution in [2.75, 3.05) is 0 Å². The van der Waals surface area contributed by atoms with Gasteiger partial charge in [0, 0.05) is 5.41 Å². The molecule has 5 aromatic rings. The van der Waals surface area contributed by atoms with E-state index in [-0.39, 0.29) is 10.8 Å². The Balaban J connectivity index is 1.65. The maximum Gasteiger partial charge on any atom is 0.0713 e. The van der Waals surface area contributed by atoms with E-state index < -0.39 is 0 Å². The van der Waals surface area contributed by atoms with Crippen molar-refractivity contribution in [2.45, 2.75) is 65.2 Å². The van der Waals surface area contributed by atoms with Crippen LogP contribution in [-0.2, 0) is 10.8 Å². The van der Waals surface area contributed by atoms with E-state index in [2.05, 4.69) is 139 Å². The minimum Gasteiger partial charge on any atom is -0.0642 e. The zero-order valence-corrected chi connectivity index (χ0v) is 24.7. The topological polar surface area (TPSA) is 0 Å². The molecule has 2 aliphatic carbocycles. The fraction of sp³-hybridized carbons (Fsp3) is 0.250. The van der Waals surface area contributed by atoms with Gasteiger partial charge in [0.05, 0.1) is 5.41 Å². The van der Waals surface area contributed by atoms with E-state index in [9.17, 15) is 0 Å². The molecule has 198 valence electrons. The predicted molar refractivity (Wildman–Crippen MR) is 169 cm³/mol. The first-order valence-corrected chi connectivity index (χ1v) is 14.9. The van der Waals surface area contributed by atoms with Crippen molar-refractivity contribution >= 4 is 0 Å². The second-order valence-electron chi connectivity index (χ2n) is 12.3. The summed E-state index contributed by atoms with van der Waals surface area (Å²) in [6.45, 7) is 13.6. The number of rotatable bonds is 4. The Morgan fingerprint density at radius 3 is 1.30 bits per heavy atom. The van der Waals surface area contributed by atoms with Crippen molar-refractivity contribution in [1.29, 1.82) is 0 Å². The SMILES string of the molecule is CCC1(CC)c2cc(C)ccc2-c2cc3c(cc21)-c1ccc(C)cc1C3(c1ccc(C)cc1)c1ccc(C)cc1. The smallest absolute Gasteiger partial charge is 0.0642 e. The highest BCUT2D eigenvalue weighted by Gasteiger charge is 2.49. The van der Waals surface area contributed by atoms with Gasteiger partial charge >= 0.3 is 0 Å². The van der Waals surface area contributed by atoms with Crippen LogP contribution in [0.2, 0.25) is 0 Å². The Bertz CT molecular complexity index is 1730. The Hall–Kier alpha value is -3.90. The molecule has 0 fully saturated rings. The molecule has 40 heavy (non-hydrogen) atoms. The average Bonchev–Trinajstić information content (AvgIpc) is 3.39. The lowest BCUT2D eigenvalue weighted by Gasteiger charge is -2.35. The molecule has 0 saturated carbocycles. The number of hydrogen-bond acceptors (Lipinski definition) is 0. The fourth-order valence-corrected chi connectivity index (χ4v) is 7.94. The van der Waals surface area contributed by atoms with E-state index in [1.807, 2.05) is 0 Å². The Morgan fingerprint density at radius 1 is 0.400 bits per heavy atom. The summed E-state index contributed by atoms with van der Waals surface area (Å²) in [7, 11) is 0. The third-order valence-corrected chi connectivity index (χ3v) is 10.1. The van der Waals surface area contributed by atoms with Gasteiger partial charge in [0.15, 0.2) is 0 Å². The summed E-state index contributed by atoms with van der Waals surface area (Å²) in [5.41, 5.74) is 19.0. The number of aryl methyl sites for hydroxylation is 4. The normalized spacial score (nSPS) is 15.3. The van der Waals surface area contributed by atoms with Crippen LogP contribution in [0.3, 0.4) is 0 Å². The molecule has 0 heteroatoms. The van der Waals surface area contributed by atoms with Gasteiger partial charge in [-0.15, -0.1) is 0 Å². The largest absolute Gasteiger partial charge is 0.0713 e. The lowest BCUT2D eigenvalue weighted by atomic mass is 9.66. The average molecular weight is 519 g/mol. The molecule has 0 saturated heterocycles. The van der Waals surface area contributed by atoms with Crippen molar-refractivity contribution in [3.8, 4) is 22.3 Å². The summed E-state index contributed by atoms with van der Waals surface area (Å²) in [6.07, 6.45) is 2.21. The van der Waals surface area contributed by atoms with Crippen molar-refractivity contribution in [2.24, 2.45) is 0 Å². The maximum atomic E-state index is 2.59. The van der Waals surface area contributed by atoms with Gasteiger partial charge in [0.1, 0.15) is 0 Å². The molecule has 0 bridgehead atoms. The molecule has 0 radical (unpaired) electrons. The van der Waals surface area contributed by atoms with Crippen LogP contribution in [0.15, 0.2) is 97.1 Å². The summed E-state index contributed by atoms with van der Waals surface area (Å²) < 4.78 is 0. The maximum absolute atomic E-state index is 2.59. The first-order chi connectivity index (χ1) is 19.3. The van der Waals surface area contributed by atoms with Gasteiger partial charge in [0.2, 0.25) is 0 Å². The summed E-state index contributed by atoms with van der Waals surface area (Å²) in [5.74, 6) is 0. The monoisotopic (exact) mass is 518 g/mol. The second kappa shape index (κ2) is 8.80. The van der Waals surface area contributed by atoms with E-state index in [4.69, 9.17) is 0 Å². The van der Waals surface area contributed by atoms with Gasteiger partial charge < -0.3 is 0 Å². The van der Waals surface area contributed by atoms with Gasteiger partial charge in [0.25, 0.3) is 0 Å². The molecule has 0 nitrogen and oxygen atoms in total. The first-order valence-electron chi connectivity index (χ1n) is 14.9. The summed E-state index contributed by atoms with van der Waals surface area (Å²) >= 11 is 0. The van der Waals surface area contributed by atoms with Gasteiger partial charge in [-0.1, -0.05) is 121 Å². The van der Waals surface area contributed by atoms with Crippen LogP contribution in [0, 0.1) is 27.7 Å². The van der Waals surface area contributed by atoms with Gasteiger partial charge in [-0.25, -0.2) is 0 Å². The lowest BCUT2D eigenvalue weighted by molar-refractivity contribution is 0.490. The summed E-state index contributed by atoms with van der Waals surface area (Å²) in [6, 6.07) is 38.0. The lowest BCUT2D eigenvalue weighted by Crippen LogP contribution is -2.29. The molecule has 0 atom stereocenters. The summed E-state index contributed by atoms with van der Waals surface area (Å²) in [5, 5.41) is 0. The molecule has 2 aliphatic rings. The number of fused-ring (bicyclic) bond motifs is 6. The van der Waals surface area contributed by atoms with E-state index in [0.717, 1.165) is 12.8 Å². The molecule has 0 unspecified atom stereocenters. The van der Waals surface area contributed by atoms with Crippen LogP contribution >= 0.6 is 0 Å². The van der Waals surface area contributed by atoms with Crippen LogP contribution in [-0.4, -0.2) is 0 Å². The van der Waals surface area contributed by atoms with Crippen LogP contribution in [0.25, 0.3) is 22.3 Å². The Morgan fingerprint density at radius 2 is 0.775 bits per heavy atom. The van der Waals surface area contributed by atoms with E-state index in [0.29, 0.717) is 0 Å². The molecule has 0 heterocycles. The van der Waals surface area contributed by atoms with Crippen molar-refractivity contribution in [3.63, 3.8) is 0 Å². The molecule has 0 amide bonds. The third kappa shape index (κ3) is 3.20. The molecule has 0 aliphatic heterocycles. The minimum absolute atomic E-state index is 0.0511. The number of hydrogen-bond donors (Lipinski definition) is 0. The third-order valence-electron chi connectivity index (χ3n) is 10.1. The predicted octanol–water partition coefficient (Wildman–Crippen LogP) is 10.4. The standard InChI is InChI=1S/C40H38/c1-7-39(8-2)35-21-27(5)13-19-31(35)33-24-38-34(23-36(33)39)32-20-14-28(6)22-37(32)40(38,29-15-9-25(3)10-16-29)30-17-11-26(4)12-18-30/h9-24H,7-8H2,1-6H3. The fourth-order valence-electron chi connectivity index (χ4n) is 7.94. The molecule has 7 rings (SSSR count). The minimum atomic E-state index is -0.373. The zero-order valence-electron chi connectivity index (χ0n) is 24.7. The molecular formula is C40H38. The van der Waals surface area contributed by atoms with Gasteiger partial charge in [-0.2, -0.15) is 0 Å². The van der Waals surface area contributed by atoms with Crippen LogP contribution in [0.4, 0.5) is 0 Å². The Kier molecular flexibility index (Phi) is 5.52. The van der Waals surface area contributed by atoms with E-state index >= 15 is 0 Å².